The number of likely N-dealkylation sites (tertiary alicyclic amines) is 1. The first kappa shape index (κ1) is 15.9. The van der Waals surface area contributed by atoms with E-state index in [1.165, 1.54) is 19.4 Å². The van der Waals surface area contributed by atoms with Gasteiger partial charge in [0.2, 0.25) is 0 Å². The second kappa shape index (κ2) is 6.88. The van der Waals surface area contributed by atoms with Gasteiger partial charge in [0.1, 0.15) is 0 Å². The molecule has 4 atom stereocenters. The van der Waals surface area contributed by atoms with E-state index in [4.69, 9.17) is 0 Å². The minimum Gasteiger partial charge on any atom is -0.394 e. The Morgan fingerprint density at radius 3 is 2.61 bits per heavy atom. The van der Waals surface area contributed by atoms with Gasteiger partial charge in [-0.05, 0) is 59.0 Å². The third-order valence-electron chi connectivity index (χ3n) is 4.45. The second-order valence-corrected chi connectivity index (χ2v) is 6.52. The summed E-state index contributed by atoms with van der Waals surface area (Å²) in [5.41, 5.74) is -0.142. The number of hydrogen-bond donors (Lipinski definition) is 2. The van der Waals surface area contributed by atoms with E-state index in [9.17, 15) is 5.11 Å². The first-order valence-corrected chi connectivity index (χ1v) is 7.53. The Labute approximate surface area is 113 Å². The molecule has 0 aliphatic carbocycles. The smallest absolute Gasteiger partial charge is 0.0611 e. The molecule has 0 radical (unpaired) electrons. The number of hydrogen-bond acceptors (Lipinski definition) is 3. The van der Waals surface area contributed by atoms with Crippen LogP contribution in [0.5, 0.6) is 0 Å². The van der Waals surface area contributed by atoms with Crippen LogP contribution in [0.25, 0.3) is 0 Å². The lowest BCUT2D eigenvalue weighted by Crippen LogP contribution is -2.53. The fraction of sp³-hybridized carbons (Fsp3) is 1.00. The van der Waals surface area contributed by atoms with Crippen molar-refractivity contribution in [3.63, 3.8) is 0 Å². The Morgan fingerprint density at radius 1 is 1.44 bits per heavy atom. The Morgan fingerprint density at radius 2 is 2.11 bits per heavy atom. The summed E-state index contributed by atoms with van der Waals surface area (Å²) in [6, 6.07) is 1.21. The van der Waals surface area contributed by atoms with E-state index < -0.39 is 0 Å². The van der Waals surface area contributed by atoms with Crippen LogP contribution in [0.15, 0.2) is 0 Å². The van der Waals surface area contributed by atoms with Crippen LogP contribution in [-0.4, -0.2) is 47.3 Å². The summed E-state index contributed by atoms with van der Waals surface area (Å²) < 4.78 is 0. The monoisotopic (exact) mass is 256 g/mol. The summed E-state index contributed by atoms with van der Waals surface area (Å²) in [6.45, 7) is 13.6. The van der Waals surface area contributed by atoms with E-state index in [2.05, 4.69) is 44.8 Å². The molecule has 1 heterocycles. The minimum atomic E-state index is -0.142. The van der Waals surface area contributed by atoms with E-state index in [0.717, 1.165) is 18.9 Å². The first-order chi connectivity index (χ1) is 8.41. The van der Waals surface area contributed by atoms with Gasteiger partial charge in [0.25, 0.3) is 0 Å². The normalized spacial score (nSPS) is 31.0. The molecule has 108 valence electrons. The van der Waals surface area contributed by atoms with E-state index in [1.807, 2.05) is 0 Å². The summed E-state index contributed by atoms with van der Waals surface area (Å²) in [5.74, 6) is 0.862. The maximum absolute atomic E-state index is 9.59. The number of aliphatic hydroxyl groups is 1. The largest absolute Gasteiger partial charge is 0.394 e. The average molecular weight is 256 g/mol. The second-order valence-electron chi connectivity index (χ2n) is 6.52. The Hall–Kier alpha value is -0.120. The zero-order chi connectivity index (χ0) is 13.8. The van der Waals surface area contributed by atoms with Gasteiger partial charge in [-0.2, -0.15) is 0 Å². The quantitative estimate of drug-likeness (QED) is 0.765. The van der Waals surface area contributed by atoms with Crippen molar-refractivity contribution in [1.29, 1.82) is 0 Å². The maximum atomic E-state index is 9.59. The van der Waals surface area contributed by atoms with Crippen molar-refractivity contribution in [2.24, 2.45) is 5.92 Å². The highest BCUT2D eigenvalue weighted by Crippen LogP contribution is 2.26. The number of likely N-dealkylation sites (N-methyl/N-ethyl adjacent to an activating group) is 1. The molecule has 1 aliphatic rings. The Kier molecular flexibility index (Phi) is 6.09. The molecule has 0 bridgehead atoms. The van der Waals surface area contributed by atoms with E-state index in [0.29, 0.717) is 12.1 Å². The van der Waals surface area contributed by atoms with Crippen LogP contribution in [0.1, 0.15) is 53.9 Å². The van der Waals surface area contributed by atoms with Crippen molar-refractivity contribution < 1.29 is 5.11 Å². The summed E-state index contributed by atoms with van der Waals surface area (Å²) >= 11 is 0. The van der Waals surface area contributed by atoms with Crippen LogP contribution in [0, 0.1) is 5.92 Å². The summed E-state index contributed by atoms with van der Waals surface area (Å²) in [4.78, 5) is 2.62. The van der Waals surface area contributed by atoms with Crippen molar-refractivity contribution in [1.82, 2.24) is 10.2 Å². The van der Waals surface area contributed by atoms with Crippen LogP contribution < -0.4 is 5.32 Å². The van der Waals surface area contributed by atoms with Crippen molar-refractivity contribution in [3.8, 4) is 0 Å². The maximum Gasteiger partial charge on any atom is 0.0611 e. The summed E-state index contributed by atoms with van der Waals surface area (Å²) in [6.07, 6.45) is 3.63. The summed E-state index contributed by atoms with van der Waals surface area (Å²) in [7, 11) is 0. The standard InChI is InChI=1S/C15H32N2O/c1-6-16-15(5,11-18)10-14(4)17-8-7-12(2)9-13(17)3/h12-14,16,18H,6-11H2,1-5H3. The molecule has 0 aromatic heterocycles. The van der Waals surface area contributed by atoms with Gasteiger partial charge in [0.05, 0.1) is 6.61 Å². The predicted octanol–water partition coefficient (Wildman–Crippen LogP) is 2.25. The molecule has 4 unspecified atom stereocenters. The van der Waals surface area contributed by atoms with Crippen molar-refractivity contribution in [2.75, 3.05) is 19.7 Å². The van der Waals surface area contributed by atoms with E-state index in [1.54, 1.807) is 0 Å². The molecular formula is C15H32N2O. The van der Waals surface area contributed by atoms with Crippen LogP contribution in [-0.2, 0) is 0 Å². The van der Waals surface area contributed by atoms with Crippen molar-refractivity contribution in [3.05, 3.63) is 0 Å². The van der Waals surface area contributed by atoms with Gasteiger partial charge >= 0.3 is 0 Å². The number of nitrogens with zero attached hydrogens (tertiary/aromatic N) is 1. The van der Waals surface area contributed by atoms with E-state index in [-0.39, 0.29) is 12.1 Å². The number of nitrogens with one attached hydrogen (secondary N) is 1. The molecule has 0 spiro atoms. The Bertz CT molecular complexity index is 247. The highest BCUT2D eigenvalue weighted by molar-refractivity contribution is 4.89. The molecule has 1 fully saturated rings. The molecule has 0 aromatic carbocycles. The zero-order valence-corrected chi connectivity index (χ0v) is 12.9. The molecule has 3 nitrogen and oxygen atoms in total. The molecule has 0 aromatic rings. The molecule has 1 aliphatic heterocycles. The molecule has 0 saturated carbocycles. The van der Waals surface area contributed by atoms with Gasteiger partial charge in [-0.1, -0.05) is 13.8 Å². The van der Waals surface area contributed by atoms with Gasteiger partial charge in [0, 0.05) is 17.6 Å². The first-order valence-electron chi connectivity index (χ1n) is 7.53. The lowest BCUT2D eigenvalue weighted by atomic mass is 9.88. The van der Waals surface area contributed by atoms with Crippen LogP contribution in [0.2, 0.25) is 0 Å². The lowest BCUT2D eigenvalue weighted by molar-refractivity contribution is 0.0580. The van der Waals surface area contributed by atoms with Gasteiger partial charge in [-0.25, -0.2) is 0 Å². The van der Waals surface area contributed by atoms with E-state index >= 15 is 0 Å². The van der Waals surface area contributed by atoms with Gasteiger partial charge in [-0.15, -0.1) is 0 Å². The number of aliphatic hydroxyl groups excluding tert-OH is 1. The van der Waals surface area contributed by atoms with Gasteiger partial charge in [-0.3, -0.25) is 4.90 Å². The zero-order valence-electron chi connectivity index (χ0n) is 12.9. The Balaban J connectivity index is 2.55. The minimum absolute atomic E-state index is 0.142. The molecule has 1 rings (SSSR count). The van der Waals surface area contributed by atoms with Crippen LogP contribution in [0.3, 0.4) is 0 Å². The highest BCUT2D eigenvalue weighted by atomic mass is 16.3. The fourth-order valence-corrected chi connectivity index (χ4v) is 3.47. The van der Waals surface area contributed by atoms with Crippen molar-refractivity contribution >= 4 is 0 Å². The fourth-order valence-electron chi connectivity index (χ4n) is 3.47. The van der Waals surface area contributed by atoms with Crippen molar-refractivity contribution in [2.45, 2.75) is 71.5 Å². The molecule has 2 N–H and O–H groups in total. The number of piperidine rings is 1. The molecular weight excluding hydrogens is 224 g/mol. The molecule has 18 heavy (non-hydrogen) atoms. The topological polar surface area (TPSA) is 35.5 Å². The predicted molar refractivity (Wildman–Crippen MR) is 77.8 cm³/mol. The summed E-state index contributed by atoms with van der Waals surface area (Å²) in [5, 5.41) is 13.0. The van der Waals surface area contributed by atoms with Gasteiger partial charge < -0.3 is 10.4 Å². The molecule has 0 amide bonds. The average Bonchev–Trinajstić information content (AvgIpc) is 2.28. The third-order valence-corrected chi connectivity index (χ3v) is 4.45. The molecule has 1 saturated heterocycles. The lowest BCUT2D eigenvalue weighted by Gasteiger charge is -2.43. The SMILES string of the molecule is CCNC(C)(CO)CC(C)N1CCC(C)CC1C. The van der Waals surface area contributed by atoms with Gasteiger partial charge in [0.15, 0.2) is 0 Å². The van der Waals surface area contributed by atoms with Crippen LogP contribution >= 0.6 is 0 Å². The highest BCUT2D eigenvalue weighted by Gasteiger charge is 2.31. The van der Waals surface area contributed by atoms with Crippen LogP contribution in [0.4, 0.5) is 0 Å². The number of rotatable bonds is 6. The third kappa shape index (κ3) is 4.22. The molecule has 3 heteroatoms.